The summed E-state index contributed by atoms with van der Waals surface area (Å²) in [5.74, 6) is -4.82. The number of ether oxygens (including phenoxy) is 2. The van der Waals surface area contributed by atoms with Crippen LogP contribution in [0.5, 0.6) is 0 Å². The van der Waals surface area contributed by atoms with Crippen molar-refractivity contribution in [1.29, 1.82) is 0 Å². The summed E-state index contributed by atoms with van der Waals surface area (Å²) in [6, 6.07) is 13.8. The van der Waals surface area contributed by atoms with Crippen LogP contribution in [0.25, 0.3) is 0 Å². The largest absolute Gasteiger partial charge is 0.390 e. The second kappa shape index (κ2) is 17.8. The maximum absolute atomic E-state index is 17.7. The molecule has 0 radical (unpaired) electrons. The molecule has 12 atom stereocenters. The quantitative estimate of drug-likeness (QED) is 0.154. The fourth-order valence-corrected chi connectivity index (χ4v) is 11.3. The molecule has 0 bridgehead atoms. The molecule has 5 aliphatic rings. The number of ketones is 3. The Morgan fingerprint density at radius 1 is 1.00 bits per heavy atom. The second-order valence-corrected chi connectivity index (χ2v) is 18.7. The smallest absolute Gasteiger partial charge is 0.230 e. The van der Waals surface area contributed by atoms with Crippen molar-refractivity contribution in [3.8, 4) is 0 Å². The van der Waals surface area contributed by atoms with Gasteiger partial charge in [0.2, 0.25) is 17.7 Å². The van der Waals surface area contributed by atoms with Crippen LogP contribution in [0.15, 0.2) is 72.3 Å². The molecule has 7 rings (SSSR count). The van der Waals surface area contributed by atoms with E-state index < -0.39 is 94.6 Å². The van der Waals surface area contributed by atoms with Gasteiger partial charge in [0.1, 0.15) is 12.8 Å². The van der Waals surface area contributed by atoms with Crippen molar-refractivity contribution < 1.29 is 57.2 Å². The average molecular weight is 939 g/mol. The minimum absolute atomic E-state index is 0.00427. The van der Waals surface area contributed by atoms with E-state index in [9.17, 15) is 39.0 Å². The Hall–Kier alpha value is -4.48. The topological polar surface area (TPSA) is 197 Å². The van der Waals surface area contributed by atoms with Gasteiger partial charge in [0.15, 0.2) is 34.9 Å². The number of amides is 3. The van der Waals surface area contributed by atoms with Gasteiger partial charge in [0.05, 0.1) is 23.6 Å². The molecular weight excluding hydrogens is 884 g/mol. The molecule has 16 heteroatoms. The van der Waals surface area contributed by atoms with Crippen LogP contribution in [-0.2, 0) is 44.7 Å². The lowest BCUT2D eigenvalue weighted by atomic mass is 9.44. The molecule has 0 spiro atoms. The number of allylic oxidation sites excluding steroid dienone is 4. The first kappa shape index (κ1) is 46.5. The van der Waals surface area contributed by atoms with E-state index in [1.807, 2.05) is 24.3 Å². The van der Waals surface area contributed by atoms with Crippen LogP contribution >= 0.6 is 15.9 Å². The number of anilines is 1. The molecule has 2 aromatic rings. The Bertz CT molecular complexity index is 2240. The molecule has 1 saturated heterocycles. The molecule has 3 saturated carbocycles. The predicted octanol–water partition coefficient (Wildman–Crippen LogP) is 4.86. The number of Topliss-reactive ketones (excluding diaryl/α,β-unsaturated/α-hetero) is 2. The molecule has 4 fully saturated rings. The fraction of sp³-hybridized carbons (Fsp3) is 0.532. The lowest BCUT2D eigenvalue weighted by Crippen LogP contribution is -2.70. The highest BCUT2D eigenvalue weighted by atomic mass is 79.9. The van der Waals surface area contributed by atoms with Gasteiger partial charge in [-0.2, -0.15) is 0 Å². The summed E-state index contributed by atoms with van der Waals surface area (Å²) in [6.45, 7) is 5.69. The predicted molar refractivity (Wildman–Crippen MR) is 230 cm³/mol. The van der Waals surface area contributed by atoms with Crippen LogP contribution in [0.2, 0.25) is 0 Å². The van der Waals surface area contributed by atoms with Crippen molar-refractivity contribution in [1.82, 2.24) is 10.6 Å². The molecular formula is C47H54BrF2N3O10. The Morgan fingerprint density at radius 2 is 1.73 bits per heavy atom. The Morgan fingerprint density at radius 3 is 2.43 bits per heavy atom. The molecule has 1 heterocycles. The van der Waals surface area contributed by atoms with E-state index in [2.05, 4.69) is 31.9 Å². The van der Waals surface area contributed by atoms with Gasteiger partial charge in [-0.15, -0.1) is 0 Å². The normalized spacial score (nSPS) is 33.7. The zero-order valence-electron chi connectivity index (χ0n) is 35.6. The number of alkyl halides is 3. The van der Waals surface area contributed by atoms with E-state index in [-0.39, 0.29) is 67.1 Å². The number of fused-ring (bicyclic) bond motifs is 7. The van der Waals surface area contributed by atoms with Gasteiger partial charge in [0.25, 0.3) is 0 Å². The molecule has 63 heavy (non-hydrogen) atoms. The monoisotopic (exact) mass is 937 g/mol. The molecule has 0 unspecified atom stereocenters. The molecule has 1 aliphatic heterocycles. The summed E-state index contributed by atoms with van der Waals surface area (Å²) in [6.07, 6.45) is -1.53. The summed E-state index contributed by atoms with van der Waals surface area (Å²) in [5, 5.41) is 30.2. The first-order valence-electron chi connectivity index (χ1n) is 21.4. The molecule has 4 aliphatic carbocycles. The third-order valence-corrected chi connectivity index (χ3v) is 14.9. The third-order valence-electron chi connectivity index (χ3n) is 14.4. The number of hydrogen-bond acceptors (Lipinski definition) is 10. The number of halogens is 3. The summed E-state index contributed by atoms with van der Waals surface area (Å²) < 4.78 is 46.8. The number of carbonyl (C=O) groups excluding carboxylic acids is 6. The van der Waals surface area contributed by atoms with Crippen molar-refractivity contribution in [3.05, 3.63) is 89.0 Å². The van der Waals surface area contributed by atoms with Crippen molar-refractivity contribution in [2.45, 2.75) is 108 Å². The number of aliphatic hydroxyl groups excluding tert-OH is 2. The number of rotatable bonds is 15. The highest BCUT2D eigenvalue weighted by Gasteiger charge is 2.80. The molecule has 5 N–H and O–H groups in total. The fourth-order valence-electron chi connectivity index (χ4n) is 11.1. The Kier molecular flexibility index (Phi) is 13.2. The van der Waals surface area contributed by atoms with Crippen molar-refractivity contribution in [3.63, 3.8) is 0 Å². The lowest BCUT2D eigenvalue weighted by Gasteiger charge is -2.63. The van der Waals surface area contributed by atoms with Crippen molar-refractivity contribution >= 4 is 56.7 Å². The van der Waals surface area contributed by atoms with Crippen molar-refractivity contribution in [2.75, 3.05) is 23.8 Å². The first-order chi connectivity index (χ1) is 29.8. The second-order valence-electron chi connectivity index (χ2n) is 18.2. The molecule has 13 nitrogen and oxygen atoms in total. The maximum Gasteiger partial charge on any atom is 0.230 e. The van der Waals surface area contributed by atoms with E-state index in [4.69, 9.17) is 9.47 Å². The van der Waals surface area contributed by atoms with Gasteiger partial charge >= 0.3 is 0 Å². The number of hydrogen-bond donors (Lipinski definition) is 5. The number of aliphatic hydroxyl groups is 2. The molecule has 0 aromatic heterocycles. The van der Waals surface area contributed by atoms with E-state index in [1.54, 1.807) is 45.0 Å². The highest BCUT2D eigenvalue weighted by molar-refractivity contribution is 9.09. The minimum Gasteiger partial charge on any atom is -0.390 e. The van der Waals surface area contributed by atoms with Gasteiger partial charge in [-0.1, -0.05) is 72.3 Å². The van der Waals surface area contributed by atoms with E-state index in [1.165, 1.54) is 19.1 Å². The lowest BCUT2D eigenvalue weighted by molar-refractivity contribution is -0.235. The summed E-state index contributed by atoms with van der Waals surface area (Å²) in [4.78, 5) is 75.6. The van der Waals surface area contributed by atoms with Gasteiger partial charge in [0, 0.05) is 53.3 Å². The SMILES string of the molecule is C[C@H](CC(=O)[C@H](C)NC(=O)CCNC(=O)CBr)C(=O)Nc1cccc(Cc2ccc([C@@H]3O[C@@H]4C[C@H]5[C@@H]6C[C@H](F)C7=CC(=O)C=C[C@]7(C)[C@@]6(F)[C@@H](O)C[C@]5(C)[C@]4(C(=O)CO)O3)cc2)c1. The molecule has 338 valence electrons. The van der Waals surface area contributed by atoms with Crippen LogP contribution in [-0.4, -0.2) is 99.5 Å². The Balaban J connectivity index is 0.984. The van der Waals surface area contributed by atoms with Gasteiger partial charge in [-0.3, -0.25) is 28.8 Å². The Labute approximate surface area is 372 Å². The zero-order valence-corrected chi connectivity index (χ0v) is 37.2. The summed E-state index contributed by atoms with van der Waals surface area (Å²) >= 11 is 3.03. The van der Waals surface area contributed by atoms with E-state index in [0.717, 1.165) is 17.2 Å². The molecule has 3 amide bonds. The summed E-state index contributed by atoms with van der Waals surface area (Å²) in [5.41, 5.74) is -4.01. The third kappa shape index (κ3) is 8.15. The maximum atomic E-state index is 17.7. The standard InChI is InChI=1S/C47H54BrF2N3O10/c1-25(16-36(56)26(2)52-40(59)13-15-51-41(60)23-48)42(61)53-30-7-5-6-28(18-30)17-27-8-10-29(11-9-27)43-62-39-21-32-33-20-35(49)34-19-31(55)12-14-44(34,3)46(33,50)37(57)22-45(32,4)47(39,63-43)38(58)24-54/h5-12,14,18-19,25-26,32-33,35,37,39,43,54,57H,13,15-17,20-24H2,1-4H3,(H,51,60)(H,52,59)(H,53,61)/t25-,26+,32+,33+,35+,37+,39-,43-,44+,45+,46+,47-/m1/s1. The minimum atomic E-state index is -2.35. The average Bonchev–Trinajstić information content (AvgIpc) is 3.75. The van der Waals surface area contributed by atoms with Crippen LogP contribution in [0.3, 0.4) is 0 Å². The van der Waals surface area contributed by atoms with Crippen LogP contribution in [0.1, 0.15) is 82.8 Å². The number of nitrogens with one attached hydrogen (secondary N) is 3. The van der Waals surface area contributed by atoms with Crippen LogP contribution in [0, 0.1) is 28.6 Å². The highest BCUT2D eigenvalue weighted by Crippen LogP contribution is 2.72. The first-order valence-corrected chi connectivity index (χ1v) is 22.5. The van der Waals surface area contributed by atoms with Gasteiger partial charge in [-0.05, 0) is 86.4 Å². The van der Waals surface area contributed by atoms with E-state index >= 15 is 8.78 Å². The number of benzene rings is 2. The van der Waals surface area contributed by atoms with E-state index in [0.29, 0.717) is 17.7 Å². The molecule has 2 aromatic carbocycles. The van der Waals surface area contributed by atoms with Gasteiger partial charge in [-0.25, -0.2) is 8.78 Å². The van der Waals surface area contributed by atoms with Crippen LogP contribution < -0.4 is 16.0 Å². The van der Waals surface area contributed by atoms with Gasteiger partial charge < -0.3 is 35.6 Å². The van der Waals surface area contributed by atoms with Crippen LogP contribution in [0.4, 0.5) is 14.5 Å². The number of carbonyl (C=O) groups is 6. The van der Waals surface area contributed by atoms with Crippen molar-refractivity contribution in [2.24, 2.45) is 28.6 Å². The zero-order chi connectivity index (χ0) is 45.6. The summed E-state index contributed by atoms with van der Waals surface area (Å²) in [7, 11) is 0.